The van der Waals surface area contributed by atoms with Crippen molar-refractivity contribution in [1.29, 1.82) is 0 Å². The fourth-order valence-corrected chi connectivity index (χ4v) is 1.84. The largest absolute Gasteiger partial charge is 0.388 e. The molecule has 15 heavy (non-hydrogen) atoms. The fraction of sp³-hybridized carbons (Fsp3) is 0.667. The Kier molecular flexibility index (Phi) is 4.53. The number of nitrogens with one attached hydrogen (secondary N) is 1. The van der Waals surface area contributed by atoms with E-state index in [2.05, 4.69) is 36.1 Å². The molecular weight excluding hydrogens is 186 g/mol. The Hall–Kier alpha value is -1.12. The highest BCUT2D eigenvalue weighted by Crippen LogP contribution is 2.27. The lowest BCUT2D eigenvalue weighted by Gasteiger charge is -2.11. The molecule has 0 saturated carbocycles. The van der Waals surface area contributed by atoms with Gasteiger partial charge in [0.15, 0.2) is 0 Å². The molecule has 1 N–H and O–H groups in total. The highest BCUT2D eigenvalue weighted by Gasteiger charge is 2.25. The second-order valence-corrected chi connectivity index (χ2v) is 4.09. The predicted molar refractivity (Wildman–Crippen MR) is 66.6 cm³/mol. The van der Waals surface area contributed by atoms with Gasteiger partial charge in [0.05, 0.1) is 0 Å². The molecule has 0 aromatic rings. The Morgan fingerprint density at radius 3 is 2.73 bits per heavy atom. The van der Waals surface area contributed by atoms with Crippen LogP contribution < -0.4 is 5.32 Å². The molecule has 2 unspecified atom stereocenters. The lowest BCUT2D eigenvalue weighted by atomic mass is 9.94. The topological polar surface area (TPSA) is 36.8 Å². The minimum Gasteiger partial charge on any atom is -0.388 e. The van der Waals surface area contributed by atoms with Crippen molar-refractivity contribution in [3.8, 4) is 0 Å². The summed E-state index contributed by atoms with van der Waals surface area (Å²) in [6, 6.07) is 0. The van der Waals surface area contributed by atoms with Crippen LogP contribution in [0.1, 0.15) is 27.2 Å². The molecule has 1 aliphatic rings. The normalized spacial score (nSPS) is 30.1. The minimum atomic E-state index is 0.616. The van der Waals surface area contributed by atoms with Crippen molar-refractivity contribution in [1.82, 2.24) is 5.32 Å². The van der Waals surface area contributed by atoms with Crippen molar-refractivity contribution in [3.63, 3.8) is 0 Å². The van der Waals surface area contributed by atoms with Gasteiger partial charge in [-0.25, -0.2) is 4.99 Å². The van der Waals surface area contributed by atoms with Crippen molar-refractivity contribution in [2.24, 2.45) is 21.8 Å². The molecule has 0 radical (unpaired) electrons. The summed E-state index contributed by atoms with van der Waals surface area (Å²) in [6.45, 7) is 7.80. The summed E-state index contributed by atoms with van der Waals surface area (Å²) in [5.74, 6) is 1.33. The second-order valence-electron chi connectivity index (χ2n) is 4.09. The van der Waals surface area contributed by atoms with Crippen molar-refractivity contribution < 1.29 is 0 Å². The van der Waals surface area contributed by atoms with Gasteiger partial charge in [0, 0.05) is 31.4 Å². The molecule has 0 amide bonds. The Labute approximate surface area is 92.4 Å². The van der Waals surface area contributed by atoms with Crippen LogP contribution in [-0.4, -0.2) is 26.1 Å². The van der Waals surface area contributed by atoms with Crippen LogP contribution in [0.2, 0.25) is 0 Å². The Bertz CT molecular complexity index is 289. The van der Waals surface area contributed by atoms with Gasteiger partial charge in [-0.05, 0) is 17.9 Å². The fourth-order valence-electron chi connectivity index (χ4n) is 1.84. The summed E-state index contributed by atoms with van der Waals surface area (Å²) >= 11 is 0. The van der Waals surface area contributed by atoms with Crippen molar-refractivity contribution in [2.45, 2.75) is 27.2 Å². The number of hydrogen-bond acceptors (Lipinski definition) is 2. The van der Waals surface area contributed by atoms with Gasteiger partial charge in [-0.3, -0.25) is 4.99 Å². The van der Waals surface area contributed by atoms with E-state index < -0.39 is 0 Å². The highest BCUT2D eigenvalue weighted by molar-refractivity contribution is 5.85. The Morgan fingerprint density at radius 2 is 2.27 bits per heavy atom. The average molecular weight is 207 g/mol. The third-order valence-corrected chi connectivity index (χ3v) is 3.06. The lowest BCUT2D eigenvalue weighted by Crippen LogP contribution is -2.10. The van der Waals surface area contributed by atoms with Gasteiger partial charge < -0.3 is 5.32 Å². The monoisotopic (exact) mass is 207 g/mol. The molecule has 2 atom stereocenters. The van der Waals surface area contributed by atoms with E-state index in [-0.39, 0.29) is 0 Å². The van der Waals surface area contributed by atoms with E-state index >= 15 is 0 Å². The zero-order chi connectivity index (χ0) is 11.3. The molecule has 1 rings (SSSR count). The van der Waals surface area contributed by atoms with Crippen LogP contribution in [0.3, 0.4) is 0 Å². The molecule has 3 nitrogen and oxygen atoms in total. The molecule has 84 valence electrons. The average Bonchev–Trinajstić information content (AvgIpc) is 2.56. The van der Waals surface area contributed by atoms with Crippen LogP contribution in [0.4, 0.5) is 0 Å². The van der Waals surface area contributed by atoms with Crippen molar-refractivity contribution in [3.05, 3.63) is 11.3 Å². The Morgan fingerprint density at radius 1 is 1.53 bits per heavy atom. The maximum Gasteiger partial charge on any atom is 0.109 e. The molecule has 1 heterocycles. The zero-order valence-corrected chi connectivity index (χ0v) is 10.1. The number of nitrogens with zero attached hydrogens (tertiary/aromatic N) is 2. The first-order valence-electron chi connectivity index (χ1n) is 5.61. The van der Waals surface area contributed by atoms with Gasteiger partial charge in [-0.2, -0.15) is 0 Å². The first-order chi connectivity index (χ1) is 7.20. The van der Waals surface area contributed by atoms with Crippen LogP contribution in [0.25, 0.3) is 0 Å². The van der Waals surface area contributed by atoms with E-state index in [1.165, 1.54) is 11.3 Å². The van der Waals surface area contributed by atoms with Gasteiger partial charge in [0.1, 0.15) is 6.34 Å². The zero-order valence-electron chi connectivity index (χ0n) is 10.1. The summed E-state index contributed by atoms with van der Waals surface area (Å²) in [5, 5.41) is 3.48. The first kappa shape index (κ1) is 12.0. The number of allylic oxidation sites excluding steroid dienone is 2. The minimum absolute atomic E-state index is 0.616. The molecular formula is C12H21N3. The van der Waals surface area contributed by atoms with Crippen LogP contribution in [0.5, 0.6) is 0 Å². The third-order valence-electron chi connectivity index (χ3n) is 3.06. The lowest BCUT2D eigenvalue weighted by molar-refractivity contribution is 0.517. The molecule has 1 fully saturated rings. The molecule has 0 bridgehead atoms. The number of rotatable bonds is 3. The summed E-state index contributed by atoms with van der Waals surface area (Å²) in [4.78, 5) is 7.99. The van der Waals surface area contributed by atoms with Gasteiger partial charge in [0.25, 0.3) is 0 Å². The van der Waals surface area contributed by atoms with Crippen LogP contribution in [-0.2, 0) is 0 Å². The Balaban J connectivity index is 2.84. The van der Waals surface area contributed by atoms with Crippen LogP contribution in [0.15, 0.2) is 21.3 Å². The smallest absolute Gasteiger partial charge is 0.109 e. The van der Waals surface area contributed by atoms with E-state index in [0.29, 0.717) is 5.92 Å². The summed E-state index contributed by atoms with van der Waals surface area (Å²) < 4.78 is 0. The van der Waals surface area contributed by atoms with Crippen LogP contribution >= 0.6 is 0 Å². The van der Waals surface area contributed by atoms with Gasteiger partial charge >= 0.3 is 0 Å². The maximum absolute atomic E-state index is 4.15. The first-order valence-corrected chi connectivity index (χ1v) is 5.61. The second kappa shape index (κ2) is 5.69. The standard InChI is InChI=1S/C12H21N3/c1-5-11(7-14-8-13-4)12-10(3)9(2)6-15-12/h7-10,15H,5-6H2,1-4H3/b12-11+,13-8?,14-7?. The third kappa shape index (κ3) is 2.91. The molecule has 3 heteroatoms. The van der Waals surface area contributed by atoms with E-state index in [1.807, 2.05) is 6.21 Å². The summed E-state index contributed by atoms with van der Waals surface area (Å²) in [5.41, 5.74) is 2.66. The molecule has 0 spiro atoms. The molecule has 0 aromatic heterocycles. The molecule has 1 aliphatic heterocycles. The van der Waals surface area contributed by atoms with Crippen molar-refractivity contribution in [2.75, 3.05) is 13.6 Å². The highest BCUT2D eigenvalue weighted by atomic mass is 14.9. The van der Waals surface area contributed by atoms with Gasteiger partial charge in [-0.1, -0.05) is 20.8 Å². The van der Waals surface area contributed by atoms with E-state index in [9.17, 15) is 0 Å². The summed E-state index contributed by atoms with van der Waals surface area (Å²) in [6.07, 6.45) is 4.52. The SMILES string of the molecule is CC/C(C=NC=NC)=C1\NCC(C)C1C. The van der Waals surface area contributed by atoms with E-state index in [1.54, 1.807) is 13.4 Å². The molecule has 1 saturated heterocycles. The molecule has 0 aliphatic carbocycles. The maximum atomic E-state index is 4.15. The molecule has 0 aromatic carbocycles. The number of hydrogen-bond donors (Lipinski definition) is 1. The van der Waals surface area contributed by atoms with E-state index in [4.69, 9.17) is 0 Å². The number of aliphatic imine (C=N–C) groups is 2. The van der Waals surface area contributed by atoms with Gasteiger partial charge in [-0.15, -0.1) is 0 Å². The predicted octanol–water partition coefficient (Wildman–Crippen LogP) is 2.25. The summed E-state index contributed by atoms with van der Waals surface area (Å²) in [7, 11) is 1.73. The van der Waals surface area contributed by atoms with Crippen molar-refractivity contribution >= 4 is 12.6 Å². The van der Waals surface area contributed by atoms with Crippen LogP contribution in [0, 0.1) is 11.8 Å². The van der Waals surface area contributed by atoms with E-state index in [0.717, 1.165) is 18.9 Å². The quantitative estimate of drug-likeness (QED) is 0.559. The van der Waals surface area contributed by atoms with Gasteiger partial charge in [0.2, 0.25) is 0 Å².